The molecule has 46 heavy (non-hydrogen) atoms. The molecule has 0 amide bonds. The Bertz CT molecular complexity index is 1040. The minimum atomic E-state index is -0.735. The van der Waals surface area contributed by atoms with E-state index in [4.69, 9.17) is 14.2 Å². The third kappa shape index (κ3) is 8.78. The summed E-state index contributed by atoms with van der Waals surface area (Å²) in [5.41, 5.74) is 0.677. The van der Waals surface area contributed by atoms with Crippen LogP contribution in [-0.2, 0) is 14.2 Å². The molecule has 2 saturated heterocycles. The molecule has 9 unspecified atom stereocenters. The van der Waals surface area contributed by atoms with Crippen molar-refractivity contribution in [3.8, 4) is 0 Å². The van der Waals surface area contributed by atoms with Gasteiger partial charge in [0.2, 0.25) is 0 Å². The van der Waals surface area contributed by atoms with Gasteiger partial charge in [-0.1, -0.05) is 152 Å². The summed E-state index contributed by atoms with van der Waals surface area (Å²) in [5.74, 6) is 0.957. The fourth-order valence-corrected chi connectivity index (χ4v) is 11.4. The number of rotatable bonds is 4. The summed E-state index contributed by atoms with van der Waals surface area (Å²) in [5, 5.41) is 0. The van der Waals surface area contributed by atoms with Gasteiger partial charge in [-0.15, -0.1) is 0 Å². The van der Waals surface area contributed by atoms with Crippen LogP contribution in [0.4, 0.5) is 0 Å². The van der Waals surface area contributed by atoms with E-state index in [2.05, 4.69) is 152 Å². The van der Waals surface area contributed by atoms with Gasteiger partial charge < -0.3 is 14.2 Å². The predicted octanol–water partition coefficient (Wildman–Crippen LogP) is 12.8. The van der Waals surface area contributed by atoms with E-state index in [-0.39, 0.29) is 73.7 Å². The van der Waals surface area contributed by atoms with Gasteiger partial charge in [-0.2, -0.15) is 0 Å². The van der Waals surface area contributed by atoms with Gasteiger partial charge >= 0.3 is 0 Å². The van der Waals surface area contributed by atoms with Crippen LogP contribution in [0.5, 0.6) is 0 Å². The summed E-state index contributed by atoms with van der Waals surface area (Å²) in [6, 6.07) is 0. The molecule has 3 aliphatic rings. The summed E-state index contributed by atoms with van der Waals surface area (Å²) in [7, 11) is 0. The molecule has 0 aromatic carbocycles. The monoisotopic (exact) mass is 647 g/mol. The molecule has 272 valence electrons. The molecule has 2 aliphatic heterocycles. The van der Waals surface area contributed by atoms with E-state index in [1.165, 1.54) is 6.42 Å². The molecule has 3 nitrogen and oxygen atoms in total. The minimum Gasteiger partial charge on any atom is -0.349 e. The highest BCUT2D eigenvalue weighted by Crippen LogP contribution is 2.66. The van der Waals surface area contributed by atoms with Gasteiger partial charge in [0.1, 0.15) is 0 Å². The van der Waals surface area contributed by atoms with Crippen molar-refractivity contribution in [2.45, 2.75) is 202 Å². The second kappa shape index (κ2) is 12.0. The maximum Gasteiger partial charge on any atom is 0.175 e. The Morgan fingerprint density at radius 1 is 0.609 bits per heavy atom. The summed E-state index contributed by atoms with van der Waals surface area (Å²) < 4.78 is 23.2. The molecule has 3 fully saturated rings. The third-order valence-electron chi connectivity index (χ3n) is 11.8. The van der Waals surface area contributed by atoms with Crippen LogP contribution >= 0.6 is 0 Å². The van der Waals surface area contributed by atoms with Crippen molar-refractivity contribution in [2.75, 3.05) is 0 Å². The zero-order chi connectivity index (χ0) is 36.1. The number of ether oxygens (including phenoxy) is 3. The Kier molecular flexibility index (Phi) is 10.5. The highest BCUT2D eigenvalue weighted by molar-refractivity contribution is 5.11. The molecular weight excluding hydrogens is 564 g/mol. The van der Waals surface area contributed by atoms with Crippen molar-refractivity contribution >= 4 is 0 Å². The quantitative estimate of drug-likeness (QED) is 0.304. The van der Waals surface area contributed by atoms with E-state index in [1.54, 1.807) is 0 Å². The lowest BCUT2D eigenvalue weighted by molar-refractivity contribution is -0.386. The second-order valence-electron chi connectivity index (χ2n) is 24.7. The Morgan fingerprint density at radius 2 is 1.09 bits per heavy atom. The van der Waals surface area contributed by atoms with E-state index >= 15 is 0 Å². The minimum absolute atomic E-state index is 0.00248. The van der Waals surface area contributed by atoms with Crippen molar-refractivity contribution in [1.82, 2.24) is 0 Å². The highest BCUT2D eigenvalue weighted by Gasteiger charge is 2.68. The maximum atomic E-state index is 7.93. The van der Waals surface area contributed by atoms with Gasteiger partial charge in [-0.25, -0.2) is 0 Å². The largest absolute Gasteiger partial charge is 0.349 e. The molecule has 3 rings (SSSR count). The van der Waals surface area contributed by atoms with Gasteiger partial charge in [0.25, 0.3) is 0 Å². The molecule has 3 heteroatoms. The Labute approximate surface area is 288 Å². The third-order valence-corrected chi connectivity index (χ3v) is 11.8. The molecule has 0 aromatic rings. The average molecular weight is 647 g/mol. The Morgan fingerprint density at radius 3 is 1.48 bits per heavy atom. The van der Waals surface area contributed by atoms with Crippen LogP contribution in [0.15, 0.2) is 0 Å². The van der Waals surface area contributed by atoms with E-state index in [9.17, 15) is 0 Å². The molecule has 0 spiro atoms. The lowest BCUT2D eigenvalue weighted by Gasteiger charge is -2.61. The van der Waals surface area contributed by atoms with Crippen LogP contribution in [0.3, 0.4) is 0 Å². The van der Waals surface area contributed by atoms with Crippen LogP contribution in [0.2, 0.25) is 0 Å². The zero-order valence-corrected chi connectivity index (χ0v) is 35.2. The van der Waals surface area contributed by atoms with Gasteiger partial charge in [0.15, 0.2) is 12.1 Å². The topological polar surface area (TPSA) is 27.7 Å². The molecular formula is C43H82O3. The predicted molar refractivity (Wildman–Crippen MR) is 198 cm³/mol. The number of hydrogen-bond acceptors (Lipinski definition) is 3. The van der Waals surface area contributed by atoms with Gasteiger partial charge in [-0.05, 0) is 80.3 Å². The second-order valence-corrected chi connectivity index (χ2v) is 24.7. The van der Waals surface area contributed by atoms with Gasteiger partial charge in [0, 0.05) is 18.3 Å². The van der Waals surface area contributed by atoms with Crippen LogP contribution in [0.25, 0.3) is 0 Å². The van der Waals surface area contributed by atoms with Crippen molar-refractivity contribution in [2.24, 2.45) is 72.9 Å². The smallest absolute Gasteiger partial charge is 0.175 e. The average Bonchev–Trinajstić information content (AvgIpc) is 3.00. The molecule has 1 saturated carbocycles. The zero-order valence-electron chi connectivity index (χ0n) is 35.2. The number of hydrogen-bond donors (Lipinski definition) is 0. The van der Waals surface area contributed by atoms with Crippen molar-refractivity contribution in [3.63, 3.8) is 0 Å². The van der Waals surface area contributed by atoms with Crippen molar-refractivity contribution < 1.29 is 14.2 Å². The first kappa shape index (κ1) is 40.3. The molecule has 0 aromatic heterocycles. The summed E-state index contributed by atoms with van der Waals surface area (Å²) in [4.78, 5) is 0. The highest BCUT2D eigenvalue weighted by atomic mass is 16.8. The fourth-order valence-electron chi connectivity index (χ4n) is 11.4. The summed E-state index contributed by atoms with van der Waals surface area (Å²) in [6.45, 7) is 53.5. The molecule has 0 radical (unpaired) electrons. The van der Waals surface area contributed by atoms with Crippen LogP contribution in [0, 0.1) is 72.9 Å². The van der Waals surface area contributed by atoms with Crippen molar-refractivity contribution in [1.29, 1.82) is 0 Å². The molecule has 2 heterocycles. The first-order chi connectivity index (χ1) is 20.0. The van der Waals surface area contributed by atoms with Crippen LogP contribution in [0.1, 0.15) is 178 Å². The Balaban J connectivity index is 2.33. The maximum absolute atomic E-state index is 7.93. The van der Waals surface area contributed by atoms with E-state index in [0.29, 0.717) is 17.8 Å². The van der Waals surface area contributed by atoms with E-state index < -0.39 is 5.79 Å². The summed E-state index contributed by atoms with van der Waals surface area (Å²) >= 11 is 0. The SMILES string of the molecule is CC(C)(C)CC1OC(OC2(CC(C)(C)C)OC3CC(C)(C)CC(C)(C)C3C2C(C)(C)C)C(C(C)(C)C)C(C(C)(C)C)C1C(C)(C)C. The van der Waals surface area contributed by atoms with Crippen LogP contribution < -0.4 is 0 Å². The van der Waals surface area contributed by atoms with Gasteiger partial charge in [0.05, 0.1) is 12.2 Å². The van der Waals surface area contributed by atoms with E-state index in [0.717, 1.165) is 19.3 Å². The lowest BCUT2D eigenvalue weighted by Crippen LogP contribution is -2.62. The van der Waals surface area contributed by atoms with Crippen molar-refractivity contribution in [3.05, 3.63) is 0 Å². The van der Waals surface area contributed by atoms with Gasteiger partial charge in [-0.3, -0.25) is 0 Å². The first-order valence-corrected chi connectivity index (χ1v) is 19.0. The summed E-state index contributed by atoms with van der Waals surface area (Å²) in [6.07, 6.45) is 4.09. The molecule has 9 atom stereocenters. The van der Waals surface area contributed by atoms with E-state index in [1.807, 2.05) is 0 Å². The van der Waals surface area contributed by atoms with Crippen LogP contribution in [-0.4, -0.2) is 24.3 Å². The normalized spacial score (nSPS) is 37.7. The molecule has 0 bridgehead atoms. The fraction of sp³-hybridized carbons (Fsp3) is 1.00. The molecule has 1 aliphatic carbocycles. The Hall–Kier alpha value is -0.120. The number of fused-ring (bicyclic) bond motifs is 1. The standard InChI is InChI=1S/C43H82O3/c1-35(2,3)23-27-29(37(7,8)9)31(38(10,11)12)32(39(13,14)15)34(44-27)46-43(25-36(4,5)6)33(40(16,17)18)30-28(45-43)24-41(19,20)26-42(30,21)22/h27-34H,23-26H2,1-22H3. The first-order valence-electron chi connectivity index (χ1n) is 19.0. The lowest BCUT2D eigenvalue weighted by atomic mass is 9.51. The molecule has 0 N–H and O–H groups in total.